The number of aromatic nitrogens is 1. The third kappa shape index (κ3) is 6.37. The molecule has 0 radical (unpaired) electrons. The molecule has 0 spiro atoms. The van der Waals surface area contributed by atoms with Gasteiger partial charge in [0, 0.05) is 79.2 Å². The van der Waals surface area contributed by atoms with Crippen LogP contribution in [0.3, 0.4) is 0 Å². The number of sulfonamides is 1. The molecule has 39 heavy (non-hydrogen) atoms. The zero-order valence-electron chi connectivity index (χ0n) is 22.9. The highest BCUT2D eigenvalue weighted by Gasteiger charge is 2.33. The maximum Gasteiger partial charge on any atom is 0.320 e. The van der Waals surface area contributed by atoms with Crippen molar-refractivity contribution in [3.63, 3.8) is 0 Å². The second-order valence-corrected chi connectivity index (χ2v) is 13.5. The number of rotatable bonds is 9. The number of benzene rings is 1. The molecule has 2 fully saturated rings. The number of pyridine rings is 1. The maximum absolute atomic E-state index is 13.0. The van der Waals surface area contributed by atoms with Crippen LogP contribution in [0, 0.1) is 0 Å². The number of aliphatic hydroxyl groups is 1. The minimum atomic E-state index is -3.23. The van der Waals surface area contributed by atoms with Gasteiger partial charge in [-0.2, -0.15) is 0 Å². The number of fused-ring (bicyclic) bond motifs is 1. The average Bonchev–Trinajstić information content (AvgIpc) is 3.27. The molecular formula is C28H40N6O4S. The summed E-state index contributed by atoms with van der Waals surface area (Å²) in [5, 5.41) is 10.4. The van der Waals surface area contributed by atoms with Crippen LogP contribution in [-0.4, -0.2) is 115 Å². The van der Waals surface area contributed by atoms with Crippen molar-refractivity contribution in [2.75, 3.05) is 64.8 Å². The molecule has 2 amide bonds. The van der Waals surface area contributed by atoms with Gasteiger partial charge in [-0.05, 0) is 42.0 Å². The molecule has 3 aliphatic heterocycles. The van der Waals surface area contributed by atoms with Gasteiger partial charge in [-0.3, -0.25) is 4.90 Å². The first-order valence-electron chi connectivity index (χ1n) is 13.8. The van der Waals surface area contributed by atoms with E-state index in [0.717, 1.165) is 30.9 Å². The second kappa shape index (κ2) is 11.8. The van der Waals surface area contributed by atoms with Crippen molar-refractivity contribution in [1.82, 2.24) is 24.0 Å². The Morgan fingerprint density at radius 3 is 2.38 bits per heavy atom. The number of hydrogen-bond donors (Lipinski definition) is 1. The Morgan fingerprint density at radius 1 is 0.974 bits per heavy atom. The molecule has 10 nitrogen and oxygen atoms in total. The van der Waals surface area contributed by atoms with Gasteiger partial charge in [0.2, 0.25) is 10.0 Å². The van der Waals surface area contributed by atoms with Crippen LogP contribution in [0.4, 0.5) is 10.6 Å². The van der Waals surface area contributed by atoms with E-state index in [2.05, 4.69) is 39.0 Å². The summed E-state index contributed by atoms with van der Waals surface area (Å²) in [5.41, 5.74) is 3.66. The Bertz CT molecular complexity index is 1250. The fourth-order valence-electron chi connectivity index (χ4n) is 5.87. The number of nitrogens with zero attached hydrogens (tertiary/aromatic N) is 6. The van der Waals surface area contributed by atoms with E-state index < -0.39 is 16.1 Å². The van der Waals surface area contributed by atoms with Gasteiger partial charge < -0.3 is 19.8 Å². The Hall–Kier alpha value is -2.73. The number of hydrogen-bond acceptors (Lipinski definition) is 7. The van der Waals surface area contributed by atoms with Crippen molar-refractivity contribution in [3.05, 3.63) is 59.3 Å². The van der Waals surface area contributed by atoms with Gasteiger partial charge in [0.25, 0.3) is 0 Å². The number of carbonyl (C=O) groups excluding carboxylic acids is 1. The highest BCUT2D eigenvalue weighted by molar-refractivity contribution is 7.89. The zero-order valence-corrected chi connectivity index (χ0v) is 23.8. The number of urea groups is 1. The number of amides is 2. The summed E-state index contributed by atoms with van der Waals surface area (Å²) in [6.45, 7) is 5.66. The van der Waals surface area contributed by atoms with E-state index in [1.807, 2.05) is 12.1 Å². The van der Waals surface area contributed by atoms with Crippen molar-refractivity contribution in [2.45, 2.75) is 43.7 Å². The van der Waals surface area contributed by atoms with Gasteiger partial charge >= 0.3 is 6.03 Å². The highest BCUT2D eigenvalue weighted by Crippen LogP contribution is 2.24. The van der Waals surface area contributed by atoms with Crippen LogP contribution in [-0.2, 0) is 29.5 Å². The van der Waals surface area contributed by atoms with Gasteiger partial charge in [0.05, 0.1) is 11.4 Å². The van der Waals surface area contributed by atoms with Gasteiger partial charge in [-0.25, -0.2) is 22.5 Å². The maximum atomic E-state index is 13.0. The smallest absolute Gasteiger partial charge is 0.320 e. The van der Waals surface area contributed by atoms with Crippen LogP contribution >= 0.6 is 0 Å². The number of piperidine rings is 1. The molecule has 4 heterocycles. The third-order valence-electron chi connectivity index (χ3n) is 8.17. The standard InChI is InChI=1S/C28H40N6O4S/c1-30(2)39(37,38)26-10-13-32(14-11-26)27-8-7-22(17-29-27)18-33-15-16-34(28(33)36)21-25(35)20-31-12-9-23-5-3-4-6-24(23)19-31/h3-8,17,25-26,35H,9-16,18-21H2,1-2H3/t25-/m1/s1. The first kappa shape index (κ1) is 27.8. The molecule has 2 saturated heterocycles. The van der Waals surface area contributed by atoms with E-state index >= 15 is 0 Å². The first-order valence-corrected chi connectivity index (χ1v) is 15.3. The summed E-state index contributed by atoms with van der Waals surface area (Å²) in [6, 6.07) is 12.4. The van der Waals surface area contributed by atoms with Crippen molar-refractivity contribution >= 4 is 21.9 Å². The van der Waals surface area contributed by atoms with E-state index in [1.165, 1.54) is 15.4 Å². The molecule has 212 valence electrons. The zero-order chi connectivity index (χ0) is 27.6. The molecule has 5 rings (SSSR count). The number of anilines is 1. The van der Waals surface area contributed by atoms with Crippen LogP contribution in [0.15, 0.2) is 42.6 Å². The highest BCUT2D eigenvalue weighted by atomic mass is 32.2. The number of carbonyl (C=O) groups is 1. The Kier molecular flexibility index (Phi) is 8.41. The summed E-state index contributed by atoms with van der Waals surface area (Å²) in [6.07, 6.45) is 3.37. The van der Waals surface area contributed by atoms with Gasteiger partial charge in [0.15, 0.2) is 0 Å². The lowest BCUT2D eigenvalue weighted by molar-refractivity contribution is 0.0812. The minimum Gasteiger partial charge on any atom is -0.390 e. The van der Waals surface area contributed by atoms with Crippen molar-refractivity contribution in [2.24, 2.45) is 0 Å². The van der Waals surface area contributed by atoms with Crippen molar-refractivity contribution < 1.29 is 18.3 Å². The molecule has 0 saturated carbocycles. The van der Waals surface area contributed by atoms with E-state index in [4.69, 9.17) is 0 Å². The largest absolute Gasteiger partial charge is 0.390 e. The summed E-state index contributed by atoms with van der Waals surface area (Å²) in [4.78, 5) is 25.6. The molecule has 3 aliphatic rings. The molecule has 1 N–H and O–H groups in total. The predicted octanol–water partition coefficient (Wildman–Crippen LogP) is 1.60. The molecule has 1 aromatic carbocycles. The molecule has 1 aromatic heterocycles. The predicted molar refractivity (Wildman–Crippen MR) is 151 cm³/mol. The Labute approximate surface area is 231 Å². The average molecular weight is 557 g/mol. The van der Waals surface area contributed by atoms with Crippen LogP contribution in [0.5, 0.6) is 0 Å². The molecule has 0 aliphatic carbocycles. The summed E-state index contributed by atoms with van der Waals surface area (Å²) < 4.78 is 26.1. The lowest BCUT2D eigenvalue weighted by Crippen LogP contribution is -2.43. The Balaban J connectivity index is 1.08. The summed E-state index contributed by atoms with van der Waals surface area (Å²) >= 11 is 0. The normalized spacial score (nSPS) is 20.1. The third-order valence-corrected chi connectivity index (χ3v) is 10.5. The van der Waals surface area contributed by atoms with Crippen LogP contribution in [0.25, 0.3) is 0 Å². The monoisotopic (exact) mass is 556 g/mol. The second-order valence-electron chi connectivity index (χ2n) is 11.1. The van der Waals surface area contributed by atoms with Gasteiger partial charge in [0.1, 0.15) is 5.82 Å². The molecule has 11 heteroatoms. The van der Waals surface area contributed by atoms with E-state index in [1.54, 1.807) is 30.1 Å². The summed E-state index contributed by atoms with van der Waals surface area (Å²) in [7, 11) is -0.0615. The van der Waals surface area contributed by atoms with Crippen molar-refractivity contribution in [3.8, 4) is 0 Å². The number of β-amino-alcohol motifs (C(OH)–C–C–N with tert-alkyl or cyclic N) is 1. The van der Waals surface area contributed by atoms with Crippen LogP contribution < -0.4 is 4.90 Å². The van der Waals surface area contributed by atoms with Gasteiger partial charge in [-0.15, -0.1) is 0 Å². The van der Waals surface area contributed by atoms with Crippen molar-refractivity contribution in [1.29, 1.82) is 0 Å². The molecule has 0 bridgehead atoms. The number of aliphatic hydroxyl groups excluding tert-OH is 1. The van der Waals surface area contributed by atoms with Gasteiger partial charge in [-0.1, -0.05) is 30.3 Å². The quantitative estimate of drug-likeness (QED) is 0.501. The molecular weight excluding hydrogens is 516 g/mol. The fourth-order valence-corrected chi connectivity index (χ4v) is 7.27. The van der Waals surface area contributed by atoms with E-state index in [9.17, 15) is 18.3 Å². The lowest BCUT2D eigenvalue weighted by atomic mass is 10.00. The van der Waals surface area contributed by atoms with Crippen LogP contribution in [0.2, 0.25) is 0 Å². The SMILES string of the molecule is CN(C)S(=O)(=O)C1CCN(c2ccc(CN3CCN(C[C@H](O)CN4CCc5ccccc5C4)C3=O)cn2)CC1. The Morgan fingerprint density at radius 2 is 1.69 bits per heavy atom. The van der Waals surface area contributed by atoms with E-state index in [-0.39, 0.29) is 11.3 Å². The van der Waals surface area contributed by atoms with E-state index in [0.29, 0.717) is 58.7 Å². The topological polar surface area (TPSA) is 101 Å². The molecule has 0 unspecified atom stereocenters. The molecule has 1 atom stereocenters. The molecule has 2 aromatic rings. The fraction of sp³-hybridized carbons (Fsp3) is 0.571. The van der Waals surface area contributed by atoms with Crippen LogP contribution in [0.1, 0.15) is 29.5 Å². The minimum absolute atomic E-state index is 0.0497. The summed E-state index contributed by atoms with van der Waals surface area (Å²) in [5.74, 6) is 0.831. The lowest BCUT2D eigenvalue weighted by Gasteiger charge is -2.33. The first-order chi connectivity index (χ1) is 18.7.